The summed E-state index contributed by atoms with van der Waals surface area (Å²) in [5.74, 6) is -0.100. The number of hydrogen-bond donors (Lipinski definition) is 0. The second kappa shape index (κ2) is 6.73. The van der Waals surface area contributed by atoms with E-state index in [9.17, 15) is 9.59 Å². The summed E-state index contributed by atoms with van der Waals surface area (Å²) in [4.78, 5) is 26.1. The van der Waals surface area contributed by atoms with Crippen molar-refractivity contribution in [3.8, 4) is 0 Å². The number of hydrogen-bond acceptors (Lipinski definition) is 4. The zero-order valence-corrected chi connectivity index (χ0v) is 16.9. The fourth-order valence-corrected chi connectivity index (χ4v) is 4.66. The van der Waals surface area contributed by atoms with Crippen LogP contribution in [0.3, 0.4) is 0 Å². The first-order valence-electron chi connectivity index (χ1n) is 8.99. The molecule has 26 heavy (non-hydrogen) atoms. The summed E-state index contributed by atoms with van der Waals surface area (Å²) in [5, 5.41) is 2.30. The van der Waals surface area contributed by atoms with Crippen LogP contribution in [0.2, 0.25) is 0 Å². The van der Waals surface area contributed by atoms with Gasteiger partial charge in [0.15, 0.2) is 0 Å². The standard InChI is InChI=1S/C22H26O3S/c1-21(2,3)20(24)25-19-17(13-18(23)22(19,4)5)26-16-11-10-14-8-6-7-9-15(14)12-16/h6-12,17,19H,13H2,1-5H3/t17-,19-/m1/s1. The van der Waals surface area contributed by atoms with Gasteiger partial charge in [-0.3, -0.25) is 9.59 Å². The fourth-order valence-electron chi connectivity index (χ4n) is 3.21. The van der Waals surface area contributed by atoms with Crippen molar-refractivity contribution < 1.29 is 14.3 Å². The minimum atomic E-state index is -0.657. The van der Waals surface area contributed by atoms with Gasteiger partial charge in [0.25, 0.3) is 0 Å². The Morgan fingerprint density at radius 3 is 2.42 bits per heavy atom. The summed E-state index contributed by atoms with van der Waals surface area (Å²) in [6.07, 6.45) is 0.00486. The van der Waals surface area contributed by atoms with Crippen molar-refractivity contribution in [2.75, 3.05) is 0 Å². The van der Waals surface area contributed by atoms with E-state index in [2.05, 4.69) is 30.3 Å². The van der Waals surface area contributed by atoms with E-state index in [1.807, 2.05) is 46.8 Å². The highest BCUT2D eigenvalue weighted by molar-refractivity contribution is 8.00. The van der Waals surface area contributed by atoms with Gasteiger partial charge in [-0.15, -0.1) is 11.8 Å². The van der Waals surface area contributed by atoms with Gasteiger partial charge in [0.1, 0.15) is 11.9 Å². The molecule has 1 saturated carbocycles. The number of benzene rings is 2. The number of carbonyl (C=O) groups excluding carboxylic acids is 2. The smallest absolute Gasteiger partial charge is 0.311 e. The molecule has 0 saturated heterocycles. The Balaban J connectivity index is 1.86. The van der Waals surface area contributed by atoms with Crippen LogP contribution in [-0.4, -0.2) is 23.1 Å². The maximum Gasteiger partial charge on any atom is 0.311 e. The average molecular weight is 371 g/mol. The van der Waals surface area contributed by atoms with Gasteiger partial charge in [-0.05, 0) is 57.5 Å². The van der Waals surface area contributed by atoms with Crippen LogP contribution in [0.25, 0.3) is 10.8 Å². The van der Waals surface area contributed by atoms with Crippen molar-refractivity contribution in [3.63, 3.8) is 0 Å². The Kier molecular flexibility index (Phi) is 4.91. The van der Waals surface area contributed by atoms with Crippen molar-refractivity contribution >= 4 is 34.3 Å². The molecule has 0 heterocycles. The zero-order valence-electron chi connectivity index (χ0n) is 16.0. The van der Waals surface area contributed by atoms with Crippen LogP contribution in [0.5, 0.6) is 0 Å². The third-order valence-electron chi connectivity index (χ3n) is 5.01. The van der Waals surface area contributed by atoms with E-state index in [0.717, 1.165) is 4.90 Å². The number of fused-ring (bicyclic) bond motifs is 1. The summed E-state index contributed by atoms with van der Waals surface area (Å²) >= 11 is 1.63. The Labute approximate surface area is 159 Å². The van der Waals surface area contributed by atoms with Crippen LogP contribution in [0.1, 0.15) is 41.0 Å². The van der Waals surface area contributed by atoms with Gasteiger partial charge < -0.3 is 4.74 Å². The molecule has 2 aromatic rings. The van der Waals surface area contributed by atoms with E-state index in [1.165, 1.54) is 10.8 Å². The Bertz CT molecular complexity index is 848. The van der Waals surface area contributed by atoms with Gasteiger partial charge in [-0.2, -0.15) is 0 Å². The monoisotopic (exact) mass is 370 g/mol. The minimum absolute atomic E-state index is 0.0648. The second-order valence-electron chi connectivity index (χ2n) is 8.59. The van der Waals surface area contributed by atoms with E-state index in [0.29, 0.717) is 6.42 Å². The van der Waals surface area contributed by atoms with Crippen LogP contribution in [0.4, 0.5) is 0 Å². The Morgan fingerprint density at radius 2 is 1.77 bits per heavy atom. The van der Waals surface area contributed by atoms with Crippen molar-refractivity contribution in [1.82, 2.24) is 0 Å². The first kappa shape index (κ1) is 19.0. The molecule has 4 heteroatoms. The Hall–Kier alpha value is -1.81. The van der Waals surface area contributed by atoms with Gasteiger partial charge in [0.2, 0.25) is 0 Å². The Morgan fingerprint density at radius 1 is 1.12 bits per heavy atom. The highest BCUT2D eigenvalue weighted by Gasteiger charge is 2.52. The summed E-state index contributed by atoms with van der Waals surface area (Å²) < 4.78 is 5.85. The van der Waals surface area contributed by atoms with Crippen LogP contribution >= 0.6 is 11.8 Å². The van der Waals surface area contributed by atoms with E-state index < -0.39 is 16.9 Å². The van der Waals surface area contributed by atoms with E-state index in [1.54, 1.807) is 11.8 Å². The molecule has 1 fully saturated rings. The molecule has 0 aromatic heterocycles. The lowest BCUT2D eigenvalue weighted by molar-refractivity contribution is -0.163. The first-order chi connectivity index (χ1) is 12.1. The van der Waals surface area contributed by atoms with E-state index >= 15 is 0 Å². The number of ketones is 1. The van der Waals surface area contributed by atoms with Crippen molar-refractivity contribution in [1.29, 1.82) is 0 Å². The molecule has 0 radical (unpaired) electrons. The molecule has 0 bridgehead atoms. The van der Waals surface area contributed by atoms with Gasteiger partial charge in [0.05, 0.1) is 16.1 Å². The molecule has 3 rings (SSSR count). The van der Waals surface area contributed by atoms with Crippen LogP contribution in [0, 0.1) is 10.8 Å². The van der Waals surface area contributed by atoms with Gasteiger partial charge in [-0.25, -0.2) is 0 Å². The SMILES string of the molecule is CC(C)(C)C(=O)O[C@@H]1[C@H](Sc2ccc3ccccc3c2)CC(=O)C1(C)C. The molecule has 1 aliphatic carbocycles. The molecular weight excluding hydrogens is 344 g/mol. The average Bonchev–Trinajstić information content (AvgIpc) is 2.77. The lowest BCUT2D eigenvalue weighted by Crippen LogP contribution is -2.40. The first-order valence-corrected chi connectivity index (χ1v) is 9.87. The predicted molar refractivity (Wildman–Crippen MR) is 106 cm³/mol. The molecule has 0 amide bonds. The highest BCUT2D eigenvalue weighted by Crippen LogP contribution is 2.45. The number of thioether (sulfide) groups is 1. The summed E-state index contributed by atoms with van der Waals surface area (Å²) in [6, 6.07) is 14.5. The second-order valence-corrected chi connectivity index (χ2v) is 9.90. The predicted octanol–water partition coefficient (Wildman–Crippen LogP) is 5.26. The third-order valence-corrected chi connectivity index (χ3v) is 6.25. The molecule has 1 aliphatic rings. The van der Waals surface area contributed by atoms with Gasteiger partial charge in [0, 0.05) is 11.3 Å². The quantitative estimate of drug-likeness (QED) is 0.692. The van der Waals surface area contributed by atoms with E-state index in [-0.39, 0.29) is 17.0 Å². The molecule has 0 spiro atoms. The largest absolute Gasteiger partial charge is 0.460 e. The van der Waals surface area contributed by atoms with E-state index in [4.69, 9.17) is 4.74 Å². The minimum Gasteiger partial charge on any atom is -0.460 e. The number of rotatable bonds is 3. The number of carbonyl (C=O) groups is 2. The summed E-state index contributed by atoms with van der Waals surface area (Å²) in [7, 11) is 0. The van der Waals surface area contributed by atoms with Crippen LogP contribution in [0.15, 0.2) is 47.4 Å². The van der Waals surface area contributed by atoms with Crippen molar-refractivity contribution in [2.45, 2.75) is 57.3 Å². The van der Waals surface area contributed by atoms with Crippen LogP contribution < -0.4 is 0 Å². The van der Waals surface area contributed by atoms with Crippen molar-refractivity contribution in [2.24, 2.45) is 10.8 Å². The molecule has 0 aliphatic heterocycles. The van der Waals surface area contributed by atoms with Crippen molar-refractivity contribution in [3.05, 3.63) is 42.5 Å². The van der Waals surface area contributed by atoms with Gasteiger partial charge in [-0.1, -0.05) is 30.3 Å². The normalized spacial score (nSPS) is 22.6. The zero-order chi connectivity index (χ0) is 19.1. The van der Waals surface area contributed by atoms with Crippen LogP contribution in [-0.2, 0) is 14.3 Å². The third kappa shape index (κ3) is 3.66. The maximum atomic E-state index is 12.5. The van der Waals surface area contributed by atoms with Gasteiger partial charge >= 0.3 is 5.97 Å². The number of ether oxygens (including phenoxy) is 1. The molecule has 0 N–H and O–H groups in total. The number of Topliss-reactive ketones (excluding diaryl/α,β-unsaturated/α-hetero) is 1. The topological polar surface area (TPSA) is 43.4 Å². The molecule has 2 atom stereocenters. The maximum absolute atomic E-state index is 12.5. The molecular formula is C22H26O3S. The summed E-state index contributed by atoms with van der Waals surface area (Å²) in [6.45, 7) is 9.29. The molecule has 0 unspecified atom stereocenters. The molecule has 138 valence electrons. The number of esters is 1. The molecule has 3 nitrogen and oxygen atoms in total. The lowest BCUT2D eigenvalue weighted by atomic mass is 9.87. The highest BCUT2D eigenvalue weighted by atomic mass is 32.2. The fraction of sp³-hybridized carbons (Fsp3) is 0.455. The molecule has 2 aromatic carbocycles. The lowest BCUT2D eigenvalue weighted by Gasteiger charge is -2.31. The summed E-state index contributed by atoms with van der Waals surface area (Å²) in [5.41, 5.74) is -1.24.